The molecule has 0 aromatic heterocycles. The second-order valence-corrected chi connectivity index (χ2v) is 8.34. The Morgan fingerprint density at radius 2 is 2.10 bits per heavy atom. The van der Waals surface area contributed by atoms with Crippen LogP contribution in [0.5, 0.6) is 0 Å². The number of aliphatic hydroxyl groups is 3. The summed E-state index contributed by atoms with van der Waals surface area (Å²) >= 11 is 0. The van der Waals surface area contributed by atoms with Crippen molar-refractivity contribution in [2.75, 3.05) is 13.0 Å². The second-order valence-electron chi connectivity index (χ2n) is 6.80. The number of hydrogen-bond donors (Lipinski definition) is 4. The van der Waals surface area contributed by atoms with Gasteiger partial charge in [0.1, 0.15) is 18.1 Å². The van der Waals surface area contributed by atoms with Gasteiger partial charge in [0, 0.05) is 18.9 Å². The Bertz CT molecular complexity index is 731. The zero-order valence-corrected chi connectivity index (χ0v) is 17.5. The Morgan fingerprint density at radius 3 is 2.73 bits per heavy atom. The highest BCUT2D eigenvalue weighted by Crippen LogP contribution is 2.32. The van der Waals surface area contributed by atoms with Gasteiger partial charge in [0.05, 0.1) is 18.8 Å². The number of cyclic esters (lactones) is 1. The molecule has 1 aliphatic rings. The van der Waals surface area contributed by atoms with Crippen LogP contribution in [0.4, 0.5) is 0 Å². The quantitative estimate of drug-likeness (QED) is 0.146. The van der Waals surface area contributed by atoms with Crippen molar-refractivity contribution in [2.24, 2.45) is 0 Å². The molecule has 0 bridgehead atoms. The summed E-state index contributed by atoms with van der Waals surface area (Å²) in [4.78, 5) is 31.3. The minimum absolute atomic E-state index is 0.0942. The lowest BCUT2D eigenvalue weighted by Crippen LogP contribution is -2.42. The Morgan fingerprint density at radius 1 is 1.40 bits per heavy atom. The third-order valence-corrected chi connectivity index (χ3v) is 4.47. The largest absolute Gasteiger partial charge is 0.777 e. The van der Waals surface area contributed by atoms with Gasteiger partial charge in [-0.15, -0.1) is 0 Å². The second kappa shape index (κ2) is 12.8. The number of rotatable bonds is 12. The minimum atomic E-state index is -4.75. The third-order valence-electron chi connectivity index (χ3n) is 3.99. The number of carbonyl (C=O) groups excluding carboxylic acids is 1. The van der Waals surface area contributed by atoms with E-state index in [0.717, 1.165) is 0 Å². The topological polar surface area (TPSA) is 157 Å². The van der Waals surface area contributed by atoms with Crippen LogP contribution in [0.3, 0.4) is 0 Å². The highest BCUT2D eigenvalue weighted by molar-refractivity contribution is 7.50. The maximum atomic E-state index is 11.3. The lowest BCUT2D eigenvalue weighted by molar-refractivity contribution is -0.202. The van der Waals surface area contributed by atoms with Gasteiger partial charge < -0.3 is 39.1 Å². The van der Waals surface area contributed by atoms with Crippen LogP contribution < -0.4 is 4.89 Å². The van der Waals surface area contributed by atoms with E-state index < -0.39 is 43.8 Å². The molecule has 0 saturated heterocycles. The van der Waals surface area contributed by atoms with Crippen molar-refractivity contribution in [3.05, 3.63) is 60.8 Å². The first kappa shape index (κ1) is 26.2. The van der Waals surface area contributed by atoms with Gasteiger partial charge in [0.25, 0.3) is 0 Å². The van der Waals surface area contributed by atoms with Gasteiger partial charge in [0.2, 0.25) is 0 Å². The van der Waals surface area contributed by atoms with Crippen LogP contribution in [0.2, 0.25) is 0 Å². The lowest BCUT2D eigenvalue weighted by atomic mass is 9.92. The number of esters is 1. The van der Waals surface area contributed by atoms with E-state index >= 15 is 0 Å². The van der Waals surface area contributed by atoms with Crippen LogP contribution >= 0.6 is 7.60 Å². The zero-order valence-electron chi connectivity index (χ0n) is 16.6. The number of ether oxygens (including phenoxy) is 2. The normalized spacial score (nSPS) is 23.8. The van der Waals surface area contributed by atoms with E-state index in [-0.39, 0.29) is 13.0 Å². The molecule has 1 aliphatic heterocycles. The molecule has 10 heteroatoms. The molecule has 0 amide bonds. The summed E-state index contributed by atoms with van der Waals surface area (Å²) < 4.78 is 21.3. The van der Waals surface area contributed by atoms with Crippen LogP contribution in [0.15, 0.2) is 60.8 Å². The van der Waals surface area contributed by atoms with E-state index in [4.69, 9.17) is 19.5 Å². The lowest BCUT2D eigenvalue weighted by Gasteiger charge is -2.33. The van der Waals surface area contributed by atoms with E-state index in [1.165, 1.54) is 43.4 Å². The molecule has 30 heavy (non-hydrogen) atoms. The predicted octanol–water partition coefficient (Wildman–Crippen LogP) is 0.466. The van der Waals surface area contributed by atoms with Gasteiger partial charge in [-0.2, -0.15) is 0 Å². The molecule has 9 nitrogen and oxygen atoms in total. The maximum Gasteiger partial charge on any atom is 0.331 e. The van der Waals surface area contributed by atoms with Crippen molar-refractivity contribution < 1.29 is 43.9 Å². The first-order chi connectivity index (χ1) is 14.0. The Balaban J connectivity index is 2.83. The number of aliphatic hydroxyl groups excluding tert-OH is 2. The predicted molar refractivity (Wildman–Crippen MR) is 108 cm³/mol. The molecule has 1 heterocycles. The fraction of sp³-hybridized carbons (Fsp3) is 0.450. The highest BCUT2D eigenvalue weighted by atomic mass is 31.2. The van der Waals surface area contributed by atoms with E-state index in [1.807, 2.05) is 0 Å². The van der Waals surface area contributed by atoms with Gasteiger partial charge in [-0.25, -0.2) is 4.79 Å². The summed E-state index contributed by atoms with van der Waals surface area (Å²) in [6.45, 7) is 1.25. The van der Waals surface area contributed by atoms with Crippen LogP contribution in [-0.2, 0) is 18.8 Å². The third kappa shape index (κ3) is 11.4. The number of hydrogen-bond acceptors (Lipinski definition) is 8. The molecule has 4 N–H and O–H groups in total. The Hall–Kier alpha value is -1.84. The molecule has 168 valence electrons. The number of carbonyl (C=O) groups is 1. The number of allylic oxidation sites excluding steroid dienone is 4. The first-order valence-electron chi connectivity index (χ1n) is 9.26. The molecule has 5 atom stereocenters. The van der Waals surface area contributed by atoms with Crippen molar-refractivity contribution in [3.63, 3.8) is 0 Å². The first-order valence-corrected chi connectivity index (χ1v) is 11.0. The zero-order chi connectivity index (χ0) is 22.6. The van der Waals surface area contributed by atoms with Crippen molar-refractivity contribution >= 4 is 13.6 Å². The molecule has 0 aliphatic carbocycles. The van der Waals surface area contributed by atoms with Gasteiger partial charge in [-0.1, -0.05) is 48.6 Å². The maximum absolute atomic E-state index is 11.3. The summed E-state index contributed by atoms with van der Waals surface area (Å²) in [7, 11) is -4.75. The fourth-order valence-corrected chi connectivity index (χ4v) is 2.85. The standard InChI is InChI=1S/C20H29O9P/c1-20(24,12-11-17-9-7-10-19(23)29-17)18(28-15-30(25,26)27)14-16(22)8-5-3-2-4-6-13-21/h2-8,10-12,16-18,21-22,24H,9,13-15H2,1H3,(H2,25,26,27)/p-1/b3-2-,6-4+,8-5-,12-11+/t16-,17+,18?,20+/m0/s1. The Labute approximate surface area is 175 Å². The van der Waals surface area contributed by atoms with Crippen LogP contribution in [-0.4, -0.2) is 63.1 Å². The molecule has 2 unspecified atom stereocenters. The van der Waals surface area contributed by atoms with Crippen molar-refractivity contribution in [1.29, 1.82) is 0 Å². The Kier molecular flexibility index (Phi) is 11.1. The molecule has 0 spiro atoms. The summed E-state index contributed by atoms with van der Waals surface area (Å²) in [5.41, 5.74) is -1.74. The molecular formula is C20H28O9P-. The van der Waals surface area contributed by atoms with Crippen molar-refractivity contribution in [3.8, 4) is 0 Å². The summed E-state index contributed by atoms with van der Waals surface area (Å²) in [6.07, 6.45) is 11.3. The van der Waals surface area contributed by atoms with Gasteiger partial charge in [0.15, 0.2) is 7.60 Å². The molecule has 0 fully saturated rings. The molecular weight excluding hydrogens is 415 g/mol. The van der Waals surface area contributed by atoms with Gasteiger partial charge in [-0.05, 0) is 13.0 Å². The minimum Gasteiger partial charge on any atom is -0.777 e. The van der Waals surface area contributed by atoms with Crippen LogP contribution in [0.25, 0.3) is 0 Å². The van der Waals surface area contributed by atoms with E-state index in [1.54, 1.807) is 24.3 Å². The average molecular weight is 443 g/mol. The summed E-state index contributed by atoms with van der Waals surface area (Å²) in [6, 6.07) is 0. The van der Waals surface area contributed by atoms with Gasteiger partial charge >= 0.3 is 5.97 Å². The molecule has 1 rings (SSSR count). The highest BCUT2D eigenvalue weighted by Gasteiger charge is 2.33. The van der Waals surface area contributed by atoms with Gasteiger partial charge in [-0.3, -0.25) is 0 Å². The summed E-state index contributed by atoms with van der Waals surface area (Å²) in [5, 5.41) is 29.6. The fourth-order valence-electron chi connectivity index (χ4n) is 2.48. The summed E-state index contributed by atoms with van der Waals surface area (Å²) in [5.74, 6) is -0.515. The molecule has 0 radical (unpaired) electrons. The van der Waals surface area contributed by atoms with Crippen LogP contribution in [0.1, 0.15) is 19.8 Å². The molecule has 0 saturated carbocycles. The monoisotopic (exact) mass is 443 g/mol. The van der Waals surface area contributed by atoms with Crippen LogP contribution in [0, 0.1) is 0 Å². The van der Waals surface area contributed by atoms with E-state index in [9.17, 15) is 24.5 Å². The van der Waals surface area contributed by atoms with Crippen molar-refractivity contribution in [2.45, 2.75) is 43.7 Å². The SMILES string of the molecule is C[C@@](O)(/C=C/[C@H]1CC=CC(=O)O1)C(C[C@@H](O)\C=C/C=C\C=C\CO)OCP(=O)([O-])O. The average Bonchev–Trinajstić information content (AvgIpc) is 2.65. The van der Waals surface area contributed by atoms with E-state index in [2.05, 4.69) is 0 Å². The molecule has 0 aromatic rings. The molecule has 0 aromatic carbocycles. The van der Waals surface area contributed by atoms with E-state index in [0.29, 0.717) is 6.42 Å². The van der Waals surface area contributed by atoms with Crippen molar-refractivity contribution in [1.82, 2.24) is 0 Å². The smallest absolute Gasteiger partial charge is 0.331 e.